The number of ether oxygens (including phenoxy) is 2. The van der Waals surface area contributed by atoms with Crippen molar-refractivity contribution >= 4 is 16.1 Å². The van der Waals surface area contributed by atoms with E-state index in [0.717, 1.165) is 29.5 Å². The minimum atomic E-state index is -3.79. The van der Waals surface area contributed by atoms with Crippen LogP contribution in [0.1, 0.15) is 24.9 Å². The predicted octanol–water partition coefficient (Wildman–Crippen LogP) is 0.448. The number of amides is 1. The first kappa shape index (κ1) is 21.8. The van der Waals surface area contributed by atoms with E-state index in [0.29, 0.717) is 31.0 Å². The number of benzene rings is 1. The van der Waals surface area contributed by atoms with Crippen molar-refractivity contribution in [2.24, 2.45) is 0 Å². The topological polar surface area (TPSA) is 91.4 Å². The Kier molecular flexibility index (Phi) is 6.67. The van der Waals surface area contributed by atoms with Gasteiger partial charge in [0.15, 0.2) is 11.5 Å². The van der Waals surface area contributed by atoms with Gasteiger partial charge < -0.3 is 19.3 Å². The van der Waals surface area contributed by atoms with Crippen molar-refractivity contribution in [2.75, 3.05) is 54.0 Å². The lowest BCUT2D eigenvalue weighted by molar-refractivity contribution is -0.137. The van der Waals surface area contributed by atoms with Crippen LogP contribution in [0, 0.1) is 0 Å². The molecule has 1 aromatic rings. The van der Waals surface area contributed by atoms with Gasteiger partial charge in [0.25, 0.3) is 10.2 Å². The molecule has 1 aromatic carbocycles. The molecule has 1 N–H and O–H groups in total. The summed E-state index contributed by atoms with van der Waals surface area (Å²) in [4.78, 5) is 17.2. The highest BCUT2D eigenvalue weighted by atomic mass is 32.2. The molecule has 0 unspecified atom stereocenters. The normalized spacial score (nSPS) is 25.6. The number of hydrogen-bond donors (Lipinski definition) is 1. The third-order valence-corrected chi connectivity index (χ3v) is 7.39. The minimum absolute atomic E-state index is 0.140. The summed E-state index contributed by atoms with van der Waals surface area (Å²) in [6, 6.07) is 4.01. The molecule has 29 heavy (non-hydrogen) atoms. The molecule has 162 valence electrons. The van der Waals surface area contributed by atoms with Gasteiger partial charge >= 0.3 is 0 Å². The van der Waals surface area contributed by atoms with Crippen molar-refractivity contribution in [2.45, 2.75) is 25.4 Å². The maximum Gasteiger partial charge on any atom is 0.280 e. The molecule has 2 aliphatic rings. The zero-order valence-electron chi connectivity index (χ0n) is 17.4. The maximum atomic E-state index is 13.2. The third kappa shape index (κ3) is 4.50. The largest absolute Gasteiger partial charge is 0.493 e. The van der Waals surface area contributed by atoms with E-state index in [1.807, 2.05) is 0 Å². The number of piperazine rings is 1. The van der Waals surface area contributed by atoms with Crippen LogP contribution in [0.25, 0.3) is 0 Å². The number of rotatable bonds is 5. The van der Waals surface area contributed by atoms with Gasteiger partial charge in [0.05, 0.1) is 20.3 Å². The fraction of sp³-hybridized carbons (Fsp3) is 0.632. The maximum absolute atomic E-state index is 13.2. The van der Waals surface area contributed by atoms with Gasteiger partial charge in [0, 0.05) is 33.2 Å². The van der Waals surface area contributed by atoms with Crippen LogP contribution in [-0.2, 0) is 15.0 Å². The molecule has 2 atom stereocenters. The van der Waals surface area contributed by atoms with Gasteiger partial charge in [-0.1, -0.05) is 13.0 Å². The molecule has 2 aliphatic heterocycles. The Morgan fingerprint density at radius 3 is 2.38 bits per heavy atom. The average molecular weight is 427 g/mol. The highest BCUT2D eigenvalue weighted by Crippen LogP contribution is 2.34. The lowest BCUT2D eigenvalue weighted by Gasteiger charge is -2.41. The molecule has 9 nitrogen and oxygen atoms in total. The van der Waals surface area contributed by atoms with E-state index in [9.17, 15) is 13.2 Å². The van der Waals surface area contributed by atoms with Crippen LogP contribution in [-0.4, -0.2) is 88.5 Å². The Bertz CT molecular complexity index is 839. The zero-order chi connectivity index (χ0) is 21.2. The van der Waals surface area contributed by atoms with Gasteiger partial charge in [0.1, 0.15) is 6.04 Å². The molecule has 0 spiro atoms. The highest BCUT2D eigenvalue weighted by Gasteiger charge is 2.42. The molecule has 0 radical (unpaired) electrons. The van der Waals surface area contributed by atoms with E-state index < -0.39 is 22.3 Å². The van der Waals surface area contributed by atoms with Crippen LogP contribution in [0.2, 0.25) is 0 Å². The SMILES string of the molecule is CCN1CCN(C(=O)[C@H]2C[C@@H](c3ccc(OC)c(OC)c3)NS(=O)(=O)N2C)CC1. The lowest BCUT2D eigenvalue weighted by atomic mass is 9.98. The van der Waals surface area contributed by atoms with Gasteiger partial charge in [-0.15, -0.1) is 0 Å². The second kappa shape index (κ2) is 8.86. The fourth-order valence-electron chi connectivity index (χ4n) is 3.88. The van der Waals surface area contributed by atoms with Crippen LogP contribution >= 0.6 is 0 Å². The van der Waals surface area contributed by atoms with E-state index in [2.05, 4.69) is 16.5 Å². The van der Waals surface area contributed by atoms with Crippen molar-refractivity contribution in [3.8, 4) is 11.5 Å². The van der Waals surface area contributed by atoms with Gasteiger partial charge in [-0.25, -0.2) is 0 Å². The summed E-state index contributed by atoms with van der Waals surface area (Å²) < 4.78 is 39.9. The van der Waals surface area contributed by atoms with E-state index >= 15 is 0 Å². The first-order valence-corrected chi connectivity index (χ1v) is 11.2. The van der Waals surface area contributed by atoms with Crippen LogP contribution < -0.4 is 14.2 Å². The second-order valence-electron chi connectivity index (χ2n) is 7.32. The second-order valence-corrected chi connectivity index (χ2v) is 9.08. The summed E-state index contributed by atoms with van der Waals surface area (Å²) in [6.45, 7) is 5.89. The molecular formula is C19H30N4O5S. The Hall–Kier alpha value is -1.88. The summed E-state index contributed by atoms with van der Waals surface area (Å²) in [5.41, 5.74) is 0.730. The average Bonchev–Trinajstić information content (AvgIpc) is 2.74. The minimum Gasteiger partial charge on any atom is -0.493 e. The molecule has 0 aliphatic carbocycles. The number of methoxy groups -OCH3 is 2. The molecule has 0 saturated carbocycles. The summed E-state index contributed by atoms with van der Waals surface area (Å²) >= 11 is 0. The quantitative estimate of drug-likeness (QED) is 0.735. The third-order valence-electron chi connectivity index (χ3n) is 5.79. The van der Waals surface area contributed by atoms with Crippen molar-refractivity contribution in [3.05, 3.63) is 23.8 Å². The smallest absolute Gasteiger partial charge is 0.280 e. The molecule has 0 bridgehead atoms. The summed E-state index contributed by atoms with van der Waals surface area (Å²) in [7, 11) is 0.742. The van der Waals surface area contributed by atoms with Gasteiger partial charge in [-0.2, -0.15) is 17.4 Å². The van der Waals surface area contributed by atoms with Crippen molar-refractivity contribution in [3.63, 3.8) is 0 Å². The number of nitrogens with one attached hydrogen (secondary N) is 1. The van der Waals surface area contributed by atoms with E-state index in [-0.39, 0.29) is 5.91 Å². The molecular weight excluding hydrogens is 396 g/mol. The van der Waals surface area contributed by atoms with Crippen LogP contribution in [0.4, 0.5) is 0 Å². The van der Waals surface area contributed by atoms with Crippen LogP contribution in [0.3, 0.4) is 0 Å². The number of carbonyl (C=O) groups excluding carboxylic acids is 1. The van der Waals surface area contributed by atoms with Gasteiger partial charge in [-0.05, 0) is 30.7 Å². The standard InChI is InChI=1S/C19H30N4O5S/c1-5-22-8-10-23(11-9-22)19(24)16-13-15(20-29(25,26)21(16)2)14-6-7-17(27-3)18(12-14)28-4/h6-7,12,15-16,20H,5,8-11,13H2,1-4H3/t15-,16+/m0/s1. The van der Waals surface area contributed by atoms with Crippen LogP contribution in [0.15, 0.2) is 18.2 Å². The molecule has 3 rings (SSSR count). The molecule has 10 heteroatoms. The van der Waals surface area contributed by atoms with E-state index in [1.165, 1.54) is 14.2 Å². The first-order chi connectivity index (χ1) is 13.8. The van der Waals surface area contributed by atoms with E-state index in [4.69, 9.17) is 9.47 Å². The number of carbonyl (C=O) groups is 1. The van der Waals surface area contributed by atoms with Crippen molar-refractivity contribution in [1.82, 2.24) is 18.8 Å². The molecule has 2 heterocycles. The van der Waals surface area contributed by atoms with Crippen LogP contribution in [0.5, 0.6) is 11.5 Å². The molecule has 2 saturated heterocycles. The van der Waals surface area contributed by atoms with Gasteiger partial charge in [0.2, 0.25) is 5.91 Å². The first-order valence-electron chi connectivity index (χ1n) is 9.79. The zero-order valence-corrected chi connectivity index (χ0v) is 18.2. The number of likely N-dealkylation sites (N-methyl/N-ethyl adjacent to an activating group) is 2. The number of hydrogen-bond acceptors (Lipinski definition) is 6. The molecule has 0 aromatic heterocycles. The van der Waals surface area contributed by atoms with Crippen molar-refractivity contribution in [1.29, 1.82) is 0 Å². The molecule has 1 amide bonds. The Labute approximate surface area is 172 Å². The Morgan fingerprint density at radius 1 is 1.14 bits per heavy atom. The van der Waals surface area contributed by atoms with E-state index in [1.54, 1.807) is 30.2 Å². The molecule has 2 fully saturated rings. The Balaban J connectivity index is 1.83. The summed E-state index contributed by atoms with van der Waals surface area (Å²) in [6.07, 6.45) is 0.345. The number of nitrogens with zero attached hydrogens (tertiary/aromatic N) is 3. The fourth-order valence-corrected chi connectivity index (χ4v) is 5.14. The lowest BCUT2D eigenvalue weighted by Crippen LogP contribution is -2.60. The highest BCUT2D eigenvalue weighted by molar-refractivity contribution is 7.87. The van der Waals surface area contributed by atoms with Crippen molar-refractivity contribution < 1.29 is 22.7 Å². The van der Waals surface area contributed by atoms with Gasteiger partial charge in [-0.3, -0.25) is 4.79 Å². The predicted molar refractivity (Wildman–Crippen MR) is 109 cm³/mol. The summed E-state index contributed by atoms with van der Waals surface area (Å²) in [5, 5.41) is 0. The Morgan fingerprint density at radius 2 is 1.79 bits per heavy atom. The monoisotopic (exact) mass is 426 g/mol. The summed E-state index contributed by atoms with van der Waals surface area (Å²) in [5.74, 6) is 0.939.